The van der Waals surface area contributed by atoms with Crippen LogP contribution < -0.4 is 11.5 Å². The summed E-state index contributed by atoms with van der Waals surface area (Å²) in [5.41, 5.74) is 1.80. The van der Waals surface area contributed by atoms with Crippen LogP contribution in [0.2, 0.25) is 0 Å². The molecule has 8 nitrogen and oxygen atoms in total. The number of nitrogens with zero attached hydrogens (tertiary/aromatic N) is 4. The minimum absolute atomic E-state index is 0.00827. The Morgan fingerprint density at radius 2 is 1.97 bits per heavy atom. The van der Waals surface area contributed by atoms with Gasteiger partial charge in [0.2, 0.25) is 5.78 Å². The number of hydrogen-bond acceptors (Lipinski definition) is 8. The van der Waals surface area contributed by atoms with Crippen molar-refractivity contribution < 1.29 is 9.63 Å². The van der Waals surface area contributed by atoms with Crippen LogP contribution in [0.3, 0.4) is 0 Å². The molecule has 1 aliphatic rings. The first-order chi connectivity index (χ1) is 14.7. The van der Waals surface area contributed by atoms with E-state index in [9.17, 15) is 9.59 Å². The van der Waals surface area contributed by atoms with Crippen molar-refractivity contribution in [2.24, 2.45) is 5.90 Å². The molecule has 0 bridgehead atoms. The first kappa shape index (κ1) is 19.3. The topological polar surface area (TPSA) is 105 Å². The van der Waals surface area contributed by atoms with Gasteiger partial charge in [-0.1, -0.05) is 36.4 Å². The van der Waals surface area contributed by atoms with Crippen molar-refractivity contribution >= 4 is 45.1 Å². The first-order valence-electron chi connectivity index (χ1n) is 9.71. The van der Waals surface area contributed by atoms with Crippen molar-refractivity contribution in [3.05, 3.63) is 51.1 Å². The molecule has 0 atom stereocenters. The Balaban J connectivity index is 1.83. The summed E-state index contributed by atoms with van der Waals surface area (Å²) in [6, 6.07) is 9.45. The molecule has 1 aromatic carbocycles. The van der Waals surface area contributed by atoms with E-state index in [1.807, 2.05) is 34.7 Å². The lowest BCUT2D eigenvalue weighted by atomic mass is 10.1. The predicted molar refractivity (Wildman–Crippen MR) is 116 cm³/mol. The minimum atomic E-state index is -0.550. The molecular weight excluding hydrogens is 422 g/mol. The van der Waals surface area contributed by atoms with Gasteiger partial charge >= 0.3 is 5.97 Å². The number of carbonyl (C=O) groups excluding carboxylic acids is 1. The lowest BCUT2D eigenvalue weighted by molar-refractivity contribution is -0.140. The number of benzene rings is 1. The Labute approximate surface area is 179 Å². The number of para-hydroxylation sites is 1. The van der Waals surface area contributed by atoms with Gasteiger partial charge in [0.25, 0.3) is 5.56 Å². The molecule has 3 aromatic heterocycles. The highest BCUT2D eigenvalue weighted by Gasteiger charge is 2.25. The molecule has 2 N–H and O–H groups in total. The van der Waals surface area contributed by atoms with Gasteiger partial charge in [-0.15, -0.1) is 21.5 Å². The Morgan fingerprint density at radius 3 is 2.77 bits per heavy atom. The maximum Gasteiger partial charge on any atom is 0.334 e. The lowest BCUT2D eigenvalue weighted by Crippen LogP contribution is -2.22. The Morgan fingerprint density at radius 1 is 1.17 bits per heavy atom. The number of hydrogen-bond donors (Lipinski definition) is 1. The maximum absolute atomic E-state index is 13.7. The molecule has 3 heterocycles. The number of fused-ring (bicyclic) bond motifs is 5. The van der Waals surface area contributed by atoms with E-state index in [-0.39, 0.29) is 11.3 Å². The molecule has 0 radical (unpaired) electrons. The number of nitrogens with two attached hydrogens (primary N) is 1. The van der Waals surface area contributed by atoms with E-state index in [0.717, 1.165) is 47.2 Å². The maximum atomic E-state index is 13.7. The van der Waals surface area contributed by atoms with Crippen LogP contribution in [0.15, 0.2) is 40.3 Å². The SMILES string of the molecule is NOC(=O)CSc1nnc2n(-c3ccccc3)c(=O)c3c4c(sc3n12)CCCCC4. The van der Waals surface area contributed by atoms with E-state index >= 15 is 0 Å². The average molecular weight is 442 g/mol. The molecular formula is C20H19N5O3S2. The fourth-order valence-corrected chi connectivity index (χ4v) is 6.11. The number of thiophene rings is 1. The normalized spacial score (nSPS) is 14.0. The molecule has 0 spiro atoms. The van der Waals surface area contributed by atoms with E-state index in [1.54, 1.807) is 15.9 Å². The fourth-order valence-electron chi connectivity index (χ4n) is 3.95. The molecule has 30 heavy (non-hydrogen) atoms. The highest BCUT2D eigenvalue weighted by Crippen LogP contribution is 2.36. The highest BCUT2D eigenvalue weighted by molar-refractivity contribution is 7.99. The monoisotopic (exact) mass is 441 g/mol. The third-order valence-electron chi connectivity index (χ3n) is 5.30. The fraction of sp³-hybridized carbons (Fsp3) is 0.300. The van der Waals surface area contributed by atoms with Crippen molar-refractivity contribution in [1.82, 2.24) is 19.2 Å². The molecule has 0 amide bonds. The third kappa shape index (κ3) is 3.11. The van der Waals surface area contributed by atoms with Gasteiger partial charge in [0.15, 0.2) is 5.16 Å². The largest absolute Gasteiger partial charge is 0.373 e. The molecule has 0 unspecified atom stereocenters. The van der Waals surface area contributed by atoms with E-state index < -0.39 is 5.97 Å². The second kappa shape index (κ2) is 7.86. The molecule has 10 heteroatoms. The quantitative estimate of drug-likeness (QED) is 0.295. The number of aryl methyl sites for hydroxylation is 2. The van der Waals surface area contributed by atoms with Gasteiger partial charge in [0.1, 0.15) is 10.6 Å². The van der Waals surface area contributed by atoms with Crippen LogP contribution in [0.1, 0.15) is 29.7 Å². The third-order valence-corrected chi connectivity index (χ3v) is 7.48. The van der Waals surface area contributed by atoms with Crippen LogP contribution in [-0.2, 0) is 22.5 Å². The predicted octanol–water partition coefficient (Wildman–Crippen LogP) is 2.87. The van der Waals surface area contributed by atoms with Gasteiger partial charge in [0.05, 0.1) is 11.1 Å². The van der Waals surface area contributed by atoms with Gasteiger partial charge in [-0.05, 0) is 43.4 Å². The second-order valence-corrected chi connectivity index (χ2v) is 9.14. The molecule has 0 saturated carbocycles. The van der Waals surface area contributed by atoms with Crippen LogP contribution in [0.4, 0.5) is 0 Å². The number of carbonyl (C=O) groups is 1. The average Bonchev–Trinajstić information content (AvgIpc) is 3.27. The van der Waals surface area contributed by atoms with Gasteiger partial charge in [-0.3, -0.25) is 4.79 Å². The molecule has 0 fully saturated rings. The Bertz CT molecular complexity index is 1310. The first-order valence-corrected chi connectivity index (χ1v) is 11.5. The number of rotatable bonds is 4. The van der Waals surface area contributed by atoms with E-state index in [1.165, 1.54) is 23.1 Å². The molecule has 1 aliphatic carbocycles. The van der Waals surface area contributed by atoms with Crippen LogP contribution in [0.5, 0.6) is 0 Å². The van der Waals surface area contributed by atoms with Crippen molar-refractivity contribution in [3.8, 4) is 5.69 Å². The van der Waals surface area contributed by atoms with E-state index in [0.29, 0.717) is 10.9 Å². The summed E-state index contributed by atoms with van der Waals surface area (Å²) in [7, 11) is 0. The lowest BCUT2D eigenvalue weighted by Gasteiger charge is -2.10. The van der Waals surface area contributed by atoms with Gasteiger partial charge < -0.3 is 4.84 Å². The Kier molecular flexibility index (Phi) is 5.05. The smallest absolute Gasteiger partial charge is 0.334 e. The summed E-state index contributed by atoms with van der Waals surface area (Å²) in [4.78, 5) is 31.6. The van der Waals surface area contributed by atoms with Crippen molar-refractivity contribution in [2.75, 3.05) is 5.75 Å². The molecule has 0 saturated heterocycles. The van der Waals surface area contributed by atoms with Crippen LogP contribution in [0.25, 0.3) is 21.7 Å². The number of thioether (sulfide) groups is 1. The molecule has 154 valence electrons. The zero-order valence-electron chi connectivity index (χ0n) is 16.0. The molecule has 5 rings (SSSR count). The van der Waals surface area contributed by atoms with Crippen molar-refractivity contribution in [1.29, 1.82) is 0 Å². The molecule has 0 aliphatic heterocycles. The Hall–Kier alpha value is -2.69. The standard InChI is InChI=1S/C20H19N5O3S2/c21-28-15(26)11-29-20-23-22-19-24(12-7-3-1-4-8-12)17(27)16-13-9-5-2-6-10-14(13)30-18(16)25(19)20/h1,3-4,7-8H,2,5-6,9-11,21H2. The van der Waals surface area contributed by atoms with Crippen LogP contribution in [-0.4, -0.2) is 30.9 Å². The summed E-state index contributed by atoms with van der Waals surface area (Å²) in [6.45, 7) is 0. The summed E-state index contributed by atoms with van der Waals surface area (Å²) in [5, 5.41) is 9.85. The second-order valence-electron chi connectivity index (χ2n) is 7.12. The summed E-state index contributed by atoms with van der Waals surface area (Å²) in [6.07, 6.45) is 5.25. The van der Waals surface area contributed by atoms with Gasteiger partial charge in [0, 0.05) is 4.88 Å². The zero-order valence-corrected chi connectivity index (χ0v) is 17.7. The number of aromatic nitrogens is 4. The van der Waals surface area contributed by atoms with E-state index in [2.05, 4.69) is 15.0 Å². The van der Waals surface area contributed by atoms with Crippen LogP contribution in [0, 0.1) is 0 Å². The summed E-state index contributed by atoms with van der Waals surface area (Å²) in [5.74, 6) is 4.85. The molecule has 4 aromatic rings. The van der Waals surface area contributed by atoms with Gasteiger partial charge in [-0.2, -0.15) is 5.90 Å². The summed E-state index contributed by atoms with van der Waals surface area (Å²) < 4.78 is 3.50. The summed E-state index contributed by atoms with van der Waals surface area (Å²) >= 11 is 2.82. The van der Waals surface area contributed by atoms with Crippen LogP contribution >= 0.6 is 23.1 Å². The highest BCUT2D eigenvalue weighted by atomic mass is 32.2. The minimum Gasteiger partial charge on any atom is -0.373 e. The van der Waals surface area contributed by atoms with Gasteiger partial charge in [-0.25, -0.2) is 13.8 Å². The van der Waals surface area contributed by atoms with Crippen molar-refractivity contribution in [3.63, 3.8) is 0 Å². The zero-order chi connectivity index (χ0) is 20.7. The van der Waals surface area contributed by atoms with E-state index in [4.69, 9.17) is 5.90 Å². The van der Waals surface area contributed by atoms with Crippen molar-refractivity contribution in [2.45, 2.75) is 37.3 Å².